The van der Waals surface area contributed by atoms with Gasteiger partial charge in [0.2, 0.25) is 0 Å². The molecule has 252 valence electrons. The number of aromatic nitrogens is 2. The molecule has 2 atom stereocenters. The van der Waals surface area contributed by atoms with E-state index in [0.29, 0.717) is 30.3 Å². The van der Waals surface area contributed by atoms with E-state index >= 15 is 8.78 Å². The number of hydrogen-bond donors (Lipinski definition) is 3. The molecular formula is C39H39F2N5O3. The minimum absolute atomic E-state index is 0.0242. The SMILES string of the molecule is CN=C1N=C(N)C(C)(c2cccc(CC(C)C(=O)O)c2)CCCCc2ccc(nc2)Cc2c(c(F)cc3[nH]ccc23)Oc2ccc(F)c1c2. The molecule has 7 rings (SSSR count). The summed E-state index contributed by atoms with van der Waals surface area (Å²) in [5, 5.41) is 10.3. The number of nitrogens with zero attached hydrogens (tertiary/aromatic N) is 3. The lowest BCUT2D eigenvalue weighted by atomic mass is 9.76. The van der Waals surface area contributed by atoms with Gasteiger partial charge in [0.15, 0.2) is 17.4 Å². The van der Waals surface area contributed by atoms with Crippen LogP contribution in [0.3, 0.4) is 0 Å². The second-order valence-electron chi connectivity index (χ2n) is 12.9. The number of H-pyrrole nitrogens is 1. The van der Waals surface area contributed by atoms with Gasteiger partial charge in [0, 0.05) is 59.5 Å². The van der Waals surface area contributed by atoms with Crippen LogP contribution in [0.2, 0.25) is 0 Å². The van der Waals surface area contributed by atoms with Crippen molar-refractivity contribution in [1.29, 1.82) is 0 Å². The second kappa shape index (κ2) is 14.0. The van der Waals surface area contributed by atoms with Crippen LogP contribution in [0, 0.1) is 17.6 Å². The van der Waals surface area contributed by atoms with Crippen LogP contribution in [0.15, 0.2) is 89.1 Å². The summed E-state index contributed by atoms with van der Waals surface area (Å²) in [6.45, 7) is 3.67. The van der Waals surface area contributed by atoms with Crippen molar-refractivity contribution in [2.75, 3.05) is 7.05 Å². The number of aliphatic imine (C=N–C) groups is 2. The zero-order valence-corrected chi connectivity index (χ0v) is 27.8. The van der Waals surface area contributed by atoms with E-state index in [0.717, 1.165) is 47.0 Å². The van der Waals surface area contributed by atoms with Crippen molar-refractivity contribution in [3.05, 3.63) is 124 Å². The van der Waals surface area contributed by atoms with Crippen LogP contribution in [0.25, 0.3) is 10.9 Å². The third kappa shape index (κ3) is 7.09. The molecule has 2 aromatic heterocycles. The Bertz CT molecular complexity index is 2070. The van der Waals surface area contributed by atoms with Crippen molar-refractivity contribution >= 4 is 28.5 Å². The molecule has 49 heavy (non-hydrogen) atoms. The van der Waals surface area contributed by atoms with E-state index in [2.05, 4.69) is 9.98 Å². The molecule has 3 aromatic carbocycles. The topological polar surface area (TPSA) is 126 Å². The maximum atomic E-state index is 15.7. The van der Waals surface area contributed by atoms with Crippen molar-refractivity contribution in [3.8, 4) is 11.5 Å². The molecule has 0 radical (unpaired) electrons. The van der Waals surface area contributed by atoms with E-state index in [-0.39, 0.29) is 28.7 Å². The maximum absolute atomic E-state index is 15.7. The van der Waals surface area contributed by atoms with Gasteiger partial charge in [-0.05, 0) is 79.6 Å². The number of rotatable bonds is 4. The average Bonchev–Trinajstić information content (AvgIpc) is 3.56. The summed E-state index contributed by atoms with van der Waals surface area (Å²) < 4.78 is 37.4. The number of carbonyl (C=O) groups is 1. The van der Waals surface area contributed by atoms with Crippen molar-refractivity contribution in [1.82, 2.24) is 9.97 Å². The van der Waals surface area contributed by atoms with Gasteiger partial charge < -0.3 is 20.6 Å². The fourth-order valence-corrected chi connectivity index (χ4v) is 6.43. The zero-order valence-electron chi connectivity index (χ0n) is 27.8. The van der Waals surface area contributed by atoms with Crippen LogP contribution < -0.4 is 10.5 Å². The normalized spacial score (nSPS) is 18.6. The molecule has 10 heteroatoms. The number of aromatic amines is 1. The molecule has 4 heterocycles. The smallest absolute Gasteiger partial charge is 0.306 e. The van der Waals surface area contributed by atoms with Gasteiger partial charge in [0.1, 0.15) is 17.4 Å². The molecule has 0 aliphatic carbocycles. The summed E-state index contributed by atoms with van der Waals surface area (Å²) in [5.41, 5.74) is 10.9. The summed E-state index contributed by atoms with van der Waals surface area (Å²) in [6, 6.07) is 19.1. The maximum Gasteiger partial charge on any atom is 0.306 e. The fraction of sp³-hybridized carbons (Fsp3) is 0.282. The predicted octanol–water partition coefficient (Wildman–Crippen LogP) is 7.91. The number of fused-ring (bicyclic) bond motifs is 9. The quantitative estimate of drug-likeness (QED) is 0.180. The molecule has 0 spiro atoms. The van der Waals surface area contributed by atoms with Gasteiger partial charge in [0.05, 0.1) is 11.5 Å². The van der Waals surface area contributed by atoms with Crippen LogP contribution >= 0.6 is 0 Å². The molecule has 2 aliphatic rings. The molecule has 2 aliphatic heterocycles. The Morgan fingerprint density at radius 3 is 2.69 bits per heavy atom. The Labute approximate surface area is 283 Å². The summed E-state index contributed by atoms with van der Waals surface area (Å²) in [6.07, 6.45) is 7.32. The van der Waals surface area contributed by atoms with Gasteiger partial charge in [-0.2, -0.15) is 0 Å². The number of ether oxygens (including phenoxy) is 1. The summed E-state index contributed by atoms with van der Waals surface area (Å²) in [4.78, 5) is 28.4. The Kier molecular flexibility index (Phi) is 9.58. The number of aryl methyl sites for hydroxylation is 1. The highest BCUT2D eigenvalue weighted by Crippen LogP contribution is 2.37. The van der Waals surface area contributed by atoms with Gasteiger partial charge in [0.25, 0.3) is 0 Å². The van der Waals surface area contributed by atoms with E-state index in [1.54, 1.807) is 13.1 Å². The van der Waals surface area contributed by atoms with Crippen LogP contribution in [-0.2, 0) is 29.5 Å². The zero-order chi connectivity index (χ0) is 34.7. The van der Waals surface area contributed by atoms with Crippen molar-refractivity contribution in [3.63, 3.8) is 0 Å². The number of hydrogen-bond acceptors (Lipinski definition) is 5. The van der Waals surface area contributed by atoms with Crippen LogP contribution in [-0.4, -0.2) is 39.8 Å². The first-order valence-corrected chi connectivity index (χ1v) is 16.4. The Balaban J connectivity index is 1.46. The largest absolute Gasteiger partial charge is 0.481 e. The summed E-state index contributed by atoms with van der Waals surface area (Å²) in [5.74, 6) is -2.07. The van der Waals surface area contributed by atoms with Gasteiger partial charge in [-0.15, -0.1) is 0 Å². The highest BCUT2D eigenvalue weighted by molar-refractivity contribution is 6.09. The number of carboxylic acids is 1. The number of benzene rings is 3. The lowest BCUT2D eigenvalue weighted by molar-refractivity contribution is -0.141. The lowest BCUT2D eigenvalue weighted by Gasteiger charge is -2.31. The molecule has 5 aromatic rings. The van der Waals surface area contributed by atoms with Crippen LogP contribution in [0.4, 0.5) is 8.78 Å². The second-order valence-corrected chi connectivity index (χ2v) is 12.9. The number of amidine groups is 2. The molecule has 8 nitrogen and oxygen atoms in total. The summed E-state index contributed by atoms with van der Waals surface area (Å²) in [7, 11) is 1.51. The first-order valence-electron chi connectivity index (χ1n) is 16.4. The molecule has 0 saturated carbocycles. The Morgan fingerprint density at radius 1 is 1.10 bits per heavy atom. The van der Waals surface area contributed by atoms with Gasteiger partial charge in [-0.3, -0.25) is 14.8 Å². The van der Waals surface area contributed by atoms with E-state index in [1.807, 2.05) is 55.6 Å². The van der Waals surface area contributed by atoms with E-state index in [4.69, 9.17) is 20.4 Å². The van der Waals surface area contributed by atoms with E-state index in [9.17, 15) is 9.90 Å². The molecule has 4 bridgehead atoms. The van der Waals surface area contributed by atoms with E-state index in [1.165, 1.54) is 31.3 Å². The van der Waals surface area contributed by atoms with Gasteiger partial charge in [-0.25, -0.2) is 13.8 Å². The molecular weight excluding hydrogens is 624 g/mol. The Hall–Kier alpha value is -5.38. The van der Waals surface area contributed by atoms with Crippen molar-refractivity contribution < 1.29 is 23.4 Å². The number of pyridine rings is 1. The molecule has 0 saturated heterocycles. The average molecular weight is 664 g/mol. The highest BCUT2D eigenvalue weighted by Gasteiger charge is 2.32. The predicted molar refractivity (Wildman–Crippen MR) is 188 cm³/mol. The number of carboxylic acid groups (broad SMARTS) is 1. The fourth-order valence-electron chi connectivity index (χ4n) is 6.43. The molecule has 0 fully saturated rings. The first-order chi connectivity index (χ1) is 23.5. The highest BCUT2D eigenvalue weighted by atomic mass is 19.1. The van der Waals surface area contributed by atoms with Crippen molar-refractivity contribution in [2.24, 2.45) is 21.6 Å². The summed E-state index contributed by atoms with van der Waals surface area (Å²) >= 11 is 0. The first kappa shape index (κ1) is 33.5. The van der Waals surface area contributed by atoms with Crippen LogP contribution in [0.1, 0.15) is 66.6 Å². The third-order valence-corrected chi connectivity index (χ3v) is 9.43. The van der Waals surface area contributed by atoms with Gasteiger partial charge in [-0.1, -0.05) is 43.7 Å². The Morgan fingerprint density at radius 2 is 1.94 bits per heavy atom. The molecule has 2 unspecified atom stereocenters. The molecule has 0 amide bonds. The molecule has 4 N–H and O–H groups in total. The minimum Gasteiger partial charge on any atom is -0.481 e. The van der Waals surface area contributed by atoms with E-state index < -0.39 is 28.9 Å². The monoisotopic (exact) mass is 663 g/mol. The van der Waals surface area contributed by atoms with Crippen molar-refractivity contribution in [2.45, 2.75) is 57.8 Å². The van der Waals surface area contributed by atoms with Crippen LogP contribution in [0.5, 0.6) is 11.5 Å². The van der Waals surface area contributed by atoms with Gasteiger partial charge >= 0.3 is 5.97 Å². The standard InChI is InChI=1S/C39H39F2N5O3/c1-23(37(47)48)17-25-8-6-9-26(18-25)39(2)15-5-4-7-24-10-11-27(45-22-24)19-30-29-14-16-44-34(29)21-33(41)35(30)49-28-12-13-32(40)31(20-28)36(43-3)46-38(39)42/h6,8-14,16,18,20-23,44H,4-5,7,15,17,19H2,1-3H3,(H,47,48)(H2,42,43,46). The number of nitrogens with two attached hydrogens (primary N) is 1. The minimum atomic E-state index is -0.867. The number of nitrogens with one attached hydrogen (secondary N) is 1. The number of halogens is 2. The lowest BCUT2D eigenvalue weighted by Crippen LogP contribution is -2.39. The number of aliphatic carboxylic acids is 1. The third-order valence-electron chi connectivity index (χ3n) is 9.43.